The first kappa shape index (κ1) is 13.0. The average molecular weight is 255 g/mol. The first-order valence-corrected chi connectivity index (χ1v) is 6.07. The highest BCUT2D eigenvalue weighted by atomic mass is 16.4. The topological polar surface area (TPSA) is 78.2 Å². The lowest BCUT2D eigenvalue weighted by Gasteiger charge is -2.14. The fourth-order valence-corrected chi connectivity index (χ4v) is 1.90. The monoisotopic (exact) mass is 255 g/mol. The summed E-state index contributed by atoms with van der Waals surface area (Å²) in [6.07, 6.45) is 0.903. The van der Waals surface area contributed by atoms with Crippen molar-refractivity contribution in [3.05, 3.63) is 53.6 Å². The summed E-state index contributed by atoms with van der Waals surface area (Å²) in [4.78, 5) is 10.7. The quantitative estimate of drug-likeness (QED) is 0.818. The molecular weight excluding hydrogens is 240 g/mol. The van der Waals surface area contributed by atoms with E-state index in [1.165, 1.54) is 17.7 Å². The first-order chi connectivity index (χ1) is 9.11. The molecule has 0 bridgehead atoms. The van der Waals surface area contributed by atoms with Crippen LogP contribution in [0, 0.1) is 0 Å². The summed E-state index contributed by atoms with van der Waals surface area (Å²) >= 11 is 0. The lowest BCUT2D eigenvalue weighted by molar-refractivity contribution is -0.255. The van der Waals surface area contributed by atoms with E-state index >= 15 is 0 Å². The van der Waals surface area contributed by atoms with E-state index in [-0.39, 0.29) is 5.56 Å². The molecule has 0 aliphatic heterocycles. The second-order valence-corrected chi connectivity index (χ2v) is 4.23. The Hall–Kier alpha value is -2.49. The molecule has 0 spiro atoms. The van der Waals surface area contributed by atoms with E-state index in [1.54, 1.807) is 6.07 Å². The van der Waals surface area contributed by atoms with Crippen LogP contribution in [0.5, 0.6) is 0 Å². The van der Waals surface area contributed by atoms with Crippen LogP contribution in [0.25, 0.3) is 0 Å². The zero-order valence-corrected chi connectivity index (χ0v) is 10.6. The summed E-state index contributed by atoms with van der Waals surface area (Å²) < 4.78 is 0. The number of carboxylic acids is 1. The van der Waals surface area contributed by atoms with E-state index in [2.05, 4.69) is 12.2 Å². The second-order valence-electron chi connectivity index (χ2n) is 4.23. The third-order valence-electron chi connectivity index (χ3n) is 2.95. The fraction of sp³-hybridized carbons (Fsp3) is 0.133. The minimum Gasteiger partial charge on any atom is -0.545 e. The van der Waals surface area contributed by atoms with Gasteiger partial charge in [-0.25, -0.2) is 0 Å². The highest BCUT2D eigenvalue weighted by Gasteiger charge is 2.04. The molecule has 0 amide bonds. The van der Waals surface area contributed by atoms with Crippen LogP contribution in [-0.2, 0) is 6.42 Å². The van der Waals surface area contributed by atoms with Crippen molar-refractivity contribution in [2.24, 2.45) is 0 Å². The van der Waals surface area contributed by atoms with Crippen LogP contribution in [0.15, 0.2) is 42.5 Å². The maximum absolute atomic E-state index is 10.7. The largest absolute Gasteiger partial charge is 0.545 e. The van der Waals surface area contributed by atoms with Crippen LogP contribution >= 0.6 is 0 Å². The van der Waals surface area contributed by atoms with Gasteiger partial charge in [0, 0.05) is 5.69 Å². The van der Waals surface area contributed by atoms with E-state index < -0.39 is 5.97 Å². The van der Waals surface area contributed by atoms with Crippen molar-refractivity contribution in [2.75, 3.05) is 11.1 Å². The number of para-hydroxylation sites is 1. The van der Waals surface area contributed by atoms with E-state index in [0.717, 1.165) is 12.1 Å². The van der Waals surface area contributed by atoms with Crippen molar-refractivity contribution in [3.63, 3.8) is 0 Å². The second kappa shape index (κ2) is 5.44. The molecule has 0 saturated carbocycles. The molecule has 4 nitrogen and oxygen atoms in total. The highest BCUT2D eigenvalue weighted by molar-refractivity contribution is 5.89. The highest BCUT2D eigenvalue weighted by Crippen LogP contribution is 2.26. The fourth-order valence-electron chi connectivity index (χ4n) is 1.90. The SMILES string of the molecule is CCc1ccccc1Nc1ccc(C(=O)[O-])cc1N. The zero-order valence-electron chi connectivity index (χ0n) is 10.6. The minimum atomic E-state index is -1.23. The summed E-state index contributed by atoms with van der Waals surface area (Å²) in [5, 5.41) is 14.0. The van der Waals surface area contributed by atoms with Gasteiger partial charge in [0.05, 0.1) is 17.3 Å². The van der Waals surface area contributed by atoms with Gasteiger partial charge in [0.2, 0.25) is 0 Å². The van der Waals surface area contributed by atoms with Gasteiger partial charge in [0.25, 0.3) is 0 Å². The number of aromatic carboxylic acids is 1. The van der Waals surface area contributed by atoms with Gasteiger partial charge in [-0.2, -0.15) is 0 Å². The summed E-state index contributed by atoms with van der Waals surface area (Å²) in [6, 6.07) is 12.4. The molecule has 0 saturated heterocycles. The number of anilines is 3. The Morgan fingerprint density at radius 1 is 1.21 bits per heavy atom. The Kier molecular flexibility index (Phi) is 3.71. The summed E-state index contributed by atoms with van der Waals surface area (Å²) in [5.74, 6) is -1.23. The van der Waals surface area contributed by atoms with Gasteiger partial charge in [-0.15, -0.1) is 0 Å². The molecule has 0 radical (unpaired) electrons. The van der Waals surface area contributed by atoms with E-state index in [1.807, 2.05) is 24.3 Å². The molecule has 0 aliphatic rings. The third kappa shape index (κ3) is 2.85. The number of carboxylic acid groups (broad SMARTS) is 1. The van der Waals surface area contributed by atoms with E-state index in [0.29, 0.717) is 11.4 Å². The van der Waals surface area contributed by atoms with Crippen molar-refractivity contribution >= 4 is 23.0 Å². The van der Waals surface area contributed by atoms with Gasteiger partial charge in [0.1, 0.15) is 0 Å². The Balaban J connectivity index is 2.31. The standard InChI is InChI=1S/C15H16N2O2/c1-2-10-5-3-4-6-13(10)17-14-8-7-11(15(18)19)9-12(14)16/h3-9,17H,2,16H2,1H3,(H,18,19)/p-1. The number of hydrogen-bond donors (Lipinski definition) is 2. The minimum absolute atomic E-state index is 0.0758. The molecular formula is C15H15N2O2-. The van der Waals surface area contributed by atoms with Gasteiger partial charge in [-0.1, -0.05) is 31.2 Å². The van der Waals surface area contributed by atoms with Gasteiger partial charge < -0.3 is 21.0 Å². The summed E-state index contributed by atoms with van der Waals surface area (Å²) in [5.41, 5.74) is 9.13. The van der Waals surface area contributed by atoms with Crippen LogP contribution in [0.3, 0.4) is 0 Å². The average Bonchev–Trinajstić information content (AvgIpc) is 2.41. The number of nitrogens with one attached hydrogen (secondary N) is 1. The number of carbonyl (C=O) groups excluding carboxylic acids is 1. The number of nitrogen functional groups attached to an aromatic ring is 1. The van der Waals surface area contributed by atoms with Crippen LogP contribution < -0.4 is 16.2 Å². The predicted molar refractivity (Wildman–Crippen MR) is 74.3 cm³/mol. The molecule has 0 fully saturated rings. The number of benzene rings is 2. The summed E-state index contributed by atoms with van der Waals surface area (Å²) in [7, 11) is 0. The third-order valence-corrected chi connectivity index (χ3v) is 2.95. The molecule has 0 atom stereocenters. The van der Waals surface area contributed by atoms with Crippen molar-refractivity contribution in [1.29, 1.82) is 0 Å². The molecule has 98 valence electrons. The Labute approximate surface area is 111 Å². The molecule has 0 aliphatic carbocycles. The van der Waals surface area contributed by atoms with Crippen LogP contribution in [0.1, 0.15) is 22.8 Å². The van der Waals surface area contributed by atoms with E-state index in [9.17, 15) is 9.90 Å². The van der Waals surface area contributed by atoms with Crippen molar-refractivity contribution in [3.8, 4) is 0 Å². The number of hydrogen-bond acceptors (Lipinski definition) is 4. The molecule has 0 heterocycles. The lowest BCUT2D eigenvalue weighted by atomic mass is 10.1. The maximum Gasteiger partial charge on any atom is 0.0716 e. The molecule has 2 aromatic rings. The molecule has 2 aromatic carbocycles. The van der Waals surface area contributed by atoms with Gasteiger partial charge in [0.15, 0.2) is 0 Å². The number of aryl methyl sites for hydroxylation is 1. The van der Waals surface area contributed by atoms with Crippen molar-refractivity contribution in [2.45, 2.75) is 13.3 Å². The Morgan fingerprint density at radius 3 is 2.58 bits per heavy atom. The van der Waals surface area contributed by atoms with Gasteiger partial charge >= 0.3 is 0 Å². The van der Waals surface area contributed by atoms with E-state index in [4.69, 9.17) is 5.73 Å². The number of nitrogens with two attached hydrogens (primary N) is 1. The summed E-state index contributed by atoms with van der Waals surface area (Å²) in [6.45, 7) is 2.07. The molecule has 0 aromatic heterocycles. The Morgan fingerprint density at radius 2 is 1.95 bits per heavy atom. The lowest BCUT2D eigenvalue weighted by Crippen LogP contribution is -2.22. The molecule has 19 heavy (non-hydrogen) atoms. The molecule has 4 heteroatoms. The van der Waals surface area contributed by atoms with Crippen LogP contribution in [0.2, 0.25) is 0 Å². The molecule has 0 unspecified atom stereocenters. The maximum atomic E-state index is 10.7. The van der Waals surface area contributed by atoms with Gasteiger partial charge in [-0.3, -0.25) is 0 Å². The van der Waals surface area contributed by atoms with Crippen LogP contribution in [-0.4, -0.2) is 5.97 Å². The number of rotatable bonds is 4. The van der Waals surface area contributed by atoms with Crippen molar-refractivity contribution in [1.82, 2.24) is 0 Å². The van der Waals surface area contributed by atoms with Crippen molar-refractivity contribution < 1.29 is 9.90 Å². The molecule has 2 rings (SSSR count). The van der Waals surface area contributed by atoms with Crippen LogP contribution in [0.4, 0.5) is 17.1 Å². The smallest absolute Gasteiger partial charge is 0.0716 e. The Bertz CT molecular complexity index is 609. The first-order valence-electron chi connectivity index (χ1n) is 6.07. The number of carbonyl (C=O) groups is 1. The molecule has 3 N–H and O–H groups in total. The zero-order chi connectivity index (χ0) is 13.8. The predicted octanol–water partition coefficient (Wildman–Crippen LogP) is 1.94. The normalized spacial score (nSPS) is 10.2. The van der Waals surface area contributed by atoms with Gasteiger partial charge in [-0.05, 0) is 35.7 Å².